The molecule has 0 unspecified atom stereocenters. The molecule has 0 spiro atoms. The highest BCUT2D eigenvalue weighted by atomic mass is 16.5. The van der Waals surface area contributed by atoms with Crippen molar-refractivity contribution >= 4 is 6.03 Å². The molecule has 1 rings (SSSR count). The lowest BCUT2D eigenvalue weighted by Crippen LogP contribution is -2.36. The van der Waals surface area contributed by atoms with Crippen LogP contribution in [-0.4, -0.2) is 25.7 Å². The highest BCUT2D eigenvalue weighted by Gasteiger charge is 2.03. The molecular formula is C16H26N2O2. The number of amides is 2. The Kier molecular flexibility index (Phi) is 8.27. The number of benzene rings is 1. The molecule has 0 bridgehead atoms. The van der Waals surface area contributed by atoms with Crippen LogP contribution < -0.4 is 15.4 Å². The number of para-hydroxylation sites is 1. The van der Waals surface area contributed by atoms with Crippen LogP contribution in [0.2, 0.25) is 0 Å². The molecule has 1 aromatic rings. The van der Waals surface area contributed by atoms with Crippen molar-refractivity contribution in [3.8, 4) is 5.75 Å². The Morgan fingerprint density at radius 2 is 1.85 bits per heavy atom. The van der Waals surface area contributed by atoms with E-state index in [0.29, 0.717) is 6.54 Å². The van der Waals surface area contributed by atoms with E-state index in [2.05, 4.69) is 23.6 Å². The summed E-state index contributed by atoms with van der Waals surface area (Å²) in [6.07, 6.45) is 3.78. The quantitative estimate of drug-likeness (QED) is 0.682. The smallest absolute Gasteiger partial charge is 0.314 e. The van der Waals surface area contributed by atoms with Crippen LogP contribution >= 0.6 is 0 Å². The van der Waals surface area contributed by atoms with E-state index in [1.807, 2.05) is 25.1 Å². The predicted molar refractivity (Wildman–Crippen MR) is 82.2 cm³/mol. The molecule has 0 saturated heterocycles. The van der Waals surface area contributed by atoms with E-state index < -0.39 is 0 Å². The van der Waals surface area contributed by atoms with E-state index in [1.165, 1.54) is 5.56 Å². The summed E-state index contributed by atoms with van der Waals surface area (Å²) in [4.78, 5) is 11.4. The van der Waals surface area contributed by atoms with E-state index >= 15 is 0 Å². The monoisotopic (exact) mass is 278 g/mol. The van der Waals surface area contributed by atoms with Gasteiger partial charge in [0.25, 0.3) is 0 Å². The Balaban J connectivity index is 2.29. The maximum atomic E-state index is 11.4. The second-order valence-electron chi connectivity index (χ2n) is 4.74. The van der Waals surface area contributed by atoms with Gasteiger partial charge in [-0.15, -0.1) is 0 Å². The highest BCUT2D eigenvalue weighted by molar-refractivity contribution is 5.73. The fourth-order valence-electron chi connectivity index (χ4n) is 1.84. The summed E-state index contributed by atoms with van der Waals surface area (Å²) in [5.74, 6) is 0.963. The largest absolute Gasteiger partial charge is 0.493 e. The summed E-state index contributed by atoms with van der Waals surface area (Å²) in [7, 11) is 0. The van der Waals surface area contributed by atoms with Crippen LogP contribution in [0.15, 0.2) is 24.3 Å². The van der Waals surface area contributed by atoms with Crippen molar-refractivity contribution in [2.24, 2.45) is 0 Å². The minimum absolute atomic E-state index is 0.0811. The van der Waals surface area contributed by atoms with Gasteiger partial charge in [-0.2, -0.15) is 0 Å². The molecule has 1 aromatic carbocycles. The molecule has 0 aliphatic heterocycles. The maximum absolute atomic E-state index is 11.4. The lowest BCUT2D eigenvalue weighted by atomic mass is 10.1. The molecule has 2 N–H and O–H groups in total. The van der Waals surface area contributed by atoms with Crippen molar-refractivity contribution in [1.82, 2.24) is 10.6 Å². The summed E-state index contributed by atoms with van der Waals surface area (Å²) in [6.45, 7) is 6.28. The molecule has 0 atom stereocenters. The van der Waals surface area contributed by atoms with Gasteiger partial charge in [0.15, 0.2) is 0 Å². The van der Waals surface area contributed by atoms with Gasteiger partial charge in [-0.1, -0.05) is 32.0 Å². The summed E-state index contributed by atoms with van der Waals surface area (Å²) < 4.78 is 5.72. The molecule has 112 valence electrons. The average molecular weight is 278 g/mol. The molecule has 0 aliphatic carbocycles. The minimum Gasteiger partial charge on any atom is -0.493 e. The SMILES string of the molecule is CCCNC(=O)NCCCc1ccccc1OCCC. The Morgan fingerprint density at radius 1 is 1.10 bits per heavy atom. The van der Waals surface area contributed by atoms with Gasteiger partial charge in [0, 0.05) is 13.1 Å². The summed E-state index contributed by atoms with van der Waals surface area (Å²) >= 11 is 0. The van der Waals surface area contributed by atoms with Gasteiger partial charge in [-0.25, -0.2) is 4.79 Å². The number of nitrogens with one attached hydrogen (secondary N) is 2. The Bertz CT molecular complexity index is 394. The van der Waals surface area contributed by atoms with Crippen molar-refractivity contribution in [2.45, 2.75) is 39.5 Å². The van der Waals surface area contributed by atoms with Gasteiger partial charge in [-0.05, 0) is 37.3 Å². The third kappa shape index (κ3) is 6.45. The number of ether oxygens (including phenoxy) is 1. The molecule has 0 radical (unpaired) electrons. The first-order chi connectivity index (χ1) is 9.77. The van der Waals surface area contributed by atoms with Crippen LogP contribution in [0.1, 0.15) is 38.7 Å². The summed E-state index contributed by atoms with van der Waals surface area (Å²) in [5.41, 5.74) is 1.21. The van der Waals surface area contributed by atoms with Gasteiger partial charge in [0.1, 0.15) is 5.75 Å². The van der Waals surface area contributed by atoms with E-state index in [4.69, 9.17) is 4.74 Å². The maximum Gasteiger partial charge on any atom is 0.314 e. The van der Waals surface area contributed by atoms with Crippen LogP contribution in [0, 0.1) is 0 Å². The fourth-order valence-corrected chi connectivity index (χ4v) is 1.84. The molecule has 0 aliphatic rings. The zero-order chi connectivity index (χ0) is 14.6. The number of hydrogen-bond acceptors (Lipinski definition) is 2. The van der Waals surface area contributed by atoms with E-state index in [0.717, 1.165) is 44.6 Å². The number of aryl methyl sites for hydroxylation is 1. The van der Waals surface area contributed by atoms with Crippen molar-refractivity contribution < 1.29 is 9.53 Å². The van der Waals surface area contributed by atoms with Gasteiger partial charge in [0.05, 0.1) is 6.61 Å². The Hall–Kier alpha value is -1.71. The topological polar surface area (TPSA) is 50.4 Å². The minimum atomic E-state index is -0.0811. The van der Waals surface area contributed by atoms with Gasteiger partial charge < -0.3 is 15.4 Å². The number of hydrogen-bond donors (Lipinski definition) is 2. The molecule has 4 nitrogen and oxygen atoms in total. The third-order valence-corrected chi connectivity index (χ3v) is 2.88. The van der Waals surface area contributed by atoms with Crippen LogP contribution in [0.4, 0.5) is 4.79 Å². The summed E-state index contributed by atoms with van der Waals surface area (Å²) in [5, 5.41) is 5.66. The first kappa shape index (κ1) is 16.3. The zero-order valence-corrected chi connectivity index (χ0v) is 12.6. The van der Waals surface area contributed by atoms with Crippen molar-refractivity contribution in [2.75, 3.05) is 19.7 Å². The summed E-state index contributed by atoms with van der Waals surface area (Å²) in [6, 6.07) is 8.02. The lowest BCUT2D eigenvalue weighted by molar-refractivity contribution is 0.241. The van der Waals surface area contributed by atoms with Gasteiger partial charge in [-0.3, -0.25) is 0 Å². The van der Waals surface area contributed by atoms with Crippen molar-refractivity contribution in [3.63, 3.8) is 0 Å². The molecular weight excluding hydrogens is 252 g/mol. The van der Waals surface area contributed by atoms with Crippen LogP contribution in [0.5, 0.6) is 5.75 Å². The molecule has 4 heteroatoms. The predicted octanol–water partition coefficient (Wildman–Crippen LogP) is 3.12. The standard InChI is InChI=1S/C16H26N2O2/c1-3-11-17-16(19)18-12-7-9-14-8-5-6-10-15(14)20-13-4-2/h5-6,8,10H,3-4,7,9,11-13H2,1-2H3,(H2,17,18,19). The molecule has 0 saturated carbocycles. The van der Waals surface area contributed by atoms with E-state index in [9.17, 15) is 4.79 Å². The average Bonchev–Trinajstić information content (AvgIpc) is 2.48. The number of carbonyl (C=O) groups excluding carboxylic acids is 1. The van der Waals surface area contributed by atoms with E-state index in [1.54, 1.807) is 0 Å². The number of carbonyl (C=O) groups is 1. The Morgan fingerprint density at radius 3 is 2.60 bits per heavy atom. The van der Waals surface area contributed by atoms with Gasteiger partial charge in [0.2, 0.25) is 0 Å². The first-order valence-corrected chi connectivity index (χ1v) is 7.50. The molecule has 2 amide bonds. The Labute approximate surface area is 121 Å². The van der Waals surface area contributed by atoms with Crippen LogP contribution in [0.25, 0.3) is 0 Å². The fraction of sp³-hybridized carbons (Fsp3) is 0.562. The normalized spacial score (nSPS) is 10.1. The molecule has 0 aromatic heterocycles. The molecule has 0 fully saturated rings. The van der Waals surface area contributed by atoms with E-state index in [-0.39, 0.29) is 6.03 Å². The first-order valence-electron chi connectivity index (χ1n) is 7.50. The second kappa shape index (κ2) is 10.1. The number of urea groups is 1. The van der Waals surface area contributed by atoms with Crippen LogP contribution in [0.3, 0.4) is 0 Å². The highest BCUT2D eigenvalue weighted by Crippen LogP contribution is 2.19. The van der Waals surface area contributed by atoms with Crippen LogP contribution in [-0.2, 0) is 6.42 Å². The van der Waals surface area contributed by atoms with Crippen molar-refractivity contribution in [1.29, 1.82) is 0 Å². The lowest BCUT2D eigenvalue weighted by Gasteiger charge is -2.11. The van der Waals surface area contributed by atoms with Gasteiger partial charge >= 0.3 is 6.03 Å². The second-order valence-corrected chi connectivity index (χ2v) is 4.74. The van der Waals surface area contributed by atoms with Crippen molar-refractivity contribution in [3.05, 3.63) is 29.8 Å². The zero-order valence-electron chi connectivity index (χ0n) is 12.6. The molecule has 0 heterocycles. The number of rotatable bonds is 9. The third-order valence-electron chi connectivity index (χ3n) is 2.88. The molecule has 20 heavy (non-hydrogen) atoms.